The smallest absolute Gasteiger partial charge is 0.339 e. The molecule has 1 aromatic heterocycles. The number of benzene rings is 2. The van der Waals surface area contributed by atoms with E-state index < -0.39 is 11.9 Å². The third-order valence-electron chi connectivity index (χ3n) is 3.93. The maximum absolute atomic E-state index is 12.9. The van der Waals surface area contributed by atoms with E-state index in [4.69, 9.17) is 4.74 Å². The predicted octanol–water partition coefficient (Wildman–Crippen LogP) is 7.27. The summed E-state index contributed by atoms with van der Waals surface area (Å²) in [4.78, 5) is 24.9. The second-order valence-electron chi connectivity index (χ2n) is 5.69. The summed E-state index contributed by atoms with van der Waals surface area (Å²) in [6, 6.07) is 9.14. The summed E-state index contributed by atoms with van der Waals surface area (Å²) in [6.45, 7) is 0. The summed E-state index contributed by atoms with van der Waals surface area (Å²) in [6.07, 6.45) is 0. The van der Waals surface area contributed by atoms with Gasteiger partial charge in [-0.05, 0) is 94.1 Å². The van der Waals surface area contributed by atoms with Crippen LogP contribution in [-0.4, -0.2) is 24.1 Å². The number of methoxy groups -OCH3 is 1. The van der Waals surface area contributed by atoms with Crippen molar-refractivity contribution >= 4 is 98.6 Å². The van der Waals surface area contributed by atoms with Gasteiger partial charge in [-0.3, -0.25) is 4.79 Å². The van der Waals surface area contributed by atoms with E-state index in [2.05, 4.69) is 75.7 Å². The number of aromatic carboxylic acids is 1. The molecule has 10 heteroatoms. The lowest BCUT2D eigenvalue weighted by molar-refractivity contribution is 0.0699. The van der Waals surface area contributed by atoms with Crippen LogP contribution < -0.4 is 10.1 Å². The topological polar surface area (TPSA) is 75.6 Å². The van der Waals surface area contributed by atoms with Crippen molar-refractivity contribution in [2.75, 3.05) is 12.4 Å². The average molecular weight is 716 g/mol. The Hall–Kier alpha value is -0.950. The Labute approximate surface area is 209 Å². The lowest BCUT2D eigenvalue weighted by Gasteiger charge is -2.12. The molecule has 1 amide bonds. The molecule has 0 unspecified atom stereocenters. The first-order valence-electron chi connectivity index (χ1n) is 7.88. The first-order chi connectivity index (χ1) is 13.7. The van der Waals surface area contributed by atoms with Gasteiger partial charge in [0.25, 0.3) is 5.91 Å². The fraction of sp³-hybridized carbons (Fsp3) is 0.0526. The maximum atomic E-state index is 12.9. The molecule has 3 aromatic rings. The van der Waals surface area contributed by atoms with Crippen molar-refractivity contribution < 1.29 is 19.4 Å². The largest absolute Gasteiger partial charge is 0.494 e. The van der Waals surface area contributed by atoms with Gasteiger partial charge in [-0.25, -0.2) is 4.79 Å². The molecule has 0 aliphatic heterocycles. The highest BCUT2D eigenvalue weighted by Gasteiger charge is 2.24. The zero-order chi connectivity index (χ0) is 21.3. The van der Waals surface area contributed by atoms with Crippen LogP contribution in [0.3, 0.4) is 0 Å². The van der Waals surface area contributed by atoms with Crippen molar-refractivity contribution in [1.82, 2.24) is 0 Å². The summed E-state index contributed by atoms with van der Waals surface area (Å²) in [5.74, 6) is -1.01. The van der Waals surface area contributed by atoms with E-state index in [-0.39, 0.29) is 10.6 Å². The van der Waals surface area contributed by atoms with Gasteiger partial charge in [0, 0.05) is 19.0 Å². The number of amides is 1. The van der Waals surface area contributed by atoms with Gasteiger partial charge >= 0.3 is 5.97 Å². The van der Waals surface area contributed by atoms with Gasteiger partial charge in [0.1, 0.15) is 16.3 Å². The summed E-state index contributed by atoms with van der Waals surface area (Å²) in [5, 5.41) is 14.5. The molecule has 0 radical (unpaired) electrons. The van der Waals surface area contributed by atoms with E-state index in [1.165, 1.54) is 18.4 Å². The van der Waals surface area contributed by atoms with Crippen LogP contribution >= 0.6 is 81.7 Å². The Morgan fingerprint density at radius 3 is 2.52 bits per heavy atom. The molecule has 2 N–H and O–H groups in total. The van der Waals surface area contributed by atoms with Crippen molar-refractivity contribution in [3.8, 4) is 16.9 Å². The molecule has 0 saturated heterocycles. The zero-order valence-corrected chi connectivity index (χ0v) is 22.3. The minimum atomic E-state index is -1.11. The number of hydrogen-bond acceptors (Lipinski definition) is 4. The van der Waals surface area contributed by atoms with Crippen molar-refractivity contribution in [2.45, 2.75) is 0 Å². The highest BCUT2D eigenvalue weighted by molar-refractivity contribution is 14.1. The Kier molecular flexibility index (Phi) is 7.41. The van der Waals surface area contributed by atoms with Gasteiger partial charge < -0.3 is 15.2 Å². The van der Waals surface area contributed by atoms with E-state index in [1.807, 2.05) is 24.3 Å². The van der Waals surface area contributed by atoms with E-state index >= 15 is 0 Å². The van der Waals surface area contributed by atoms with Crippen LogP contribution in [0.25, 0.3) is 11.1 Å². The number of carbonyl (C=O) groups is 2. The summed E-state index contributed by atoms with van der Waals surface area (Å²) < 4.78 is 7.94. The Bertz CT molecular complexity index is 1130. The molecule has 0 fully saturated rings. The van der Waals surface area contributed by atoms with Crippen LogP contribution in [0.1, 0.15) is 20.7 Å². The number of anilines is 1. The van der Waals surface area contributed by atoms with Gasteiger partial charge in [0.05, 0.1) is 21.6 Å². The molecule has 0 spiro atoms. The maximum Gasteiger partial charge on any atom is 0.339 e. The van der Waals surface area contributed by atoms with E-state index in [9.17, 15) is 14.7 Å². The molecule has 0 bridgehead atoms. The molecular formula is C19H11Br3INO4S. The lowest BCUT2D eigenvalue weighted by Crippen LogP contribution is -2.14. The number of nitrogens with one attached hydrogen (secondary N) is 1. The number of carboxylic acids is 1. The second-order valence-corrected chi connectivity index (χ2v) is 10.3. The molecule has 2 aromatic carbocycles. The zero-order valence-electron chi connectivity index (χ0n) is 14.6. The molecule has 3 rings (SSSR count). The van der Waals surface area contributed by atoms with Crippen LogP contribution in [-0.2, 0) is 0 Å². The SMILES string of the molecule is COc1c(Br)cc(C(=O)Nc2scc(-c3cccc(I)c3)c2C(=O)O)c(Br)c1Br. The molecule has 0 aliphatic rings. The number of rotatable bonds is 5. The molecule has 150 valence electrons. The number of carboxylic acid groups (broad SMARTS) is 1. The number of hydrogen-bond donors (Lipinski definition) is 2. The monoisotopic (exact) mass is 713 g/mol. The van der Waals surface area contributed by atoms with Crippen molar-refractivity contribution in [3.63, 3.8) is 0 Å². The van der Waals surface area contributed by atoms with Crippen molar-refractivity contribution in [2.24, 2.45) is 0 Å². The number of ether oxygens (including phenoxy) is 1. The van der Waals surface area contributed by atoms with Gasteiger partial charge in [-0.1, -0.05) is 12.1 Å². The lowest BCUT2D eigenvalue weighted by atomic mass is 10.0. The van der Waals surface area contributed by atoms with Crippen LogP contribution in [0.15, 0.2) is 49.1 Å². The first-order valence-corrected chi connectivity index (χ1v) is 12.2. The average Bonchev–Trinajstić information content (AvgIpc) is 3.09. The summed E-state index contributed by atoms with van der Waals surface area (Å²) in [7, 11) is 1.52. The third kappa shape index (κ3) is 4.71. The Morgan fingerprint density at radius 2 is 1.90 bits per heavy atom. The Balaban J connectivity index is 2.01. The minimum absolute atomic E-state index is 0.0631. The summed E-state index contributed by atoms with van der Waals surface area (Å²) in [5.41, 5.74) is 1.73. The van der Waals surface area contributed by atoms with Gasteiger partial charge in [0.15, 0.2) is 0 Å². The van der Waals surface area contributed by atoms with Crippen molar-refractivity contribution in [1.29, 1.82) is 0 Å². The first kappa shape index (κ1) is 22.7. The molecule has 0 saturated carbocycles. The van der Waals surface area contributed by atoms with E-state index in [0.29, 0.717) is 30.3 Å². The normalized spacial score (nSPS) is 10.7. The van der Waals surface area contributed by atoms with Gasteiger partial charge in [-0.15, -0.1) is 11.3 Å². The van der Waals surface area contributed by atoms with E-state index in [0.717, 1.165) is 9.13 Å². The summed E-state index contributed by atoms with van der Waals surface area (Å²) >= 11 is 13.5. The standard InChI is InChI=1S/C19H11Br3INO4S/c1-28-16-12(20)6-10(14(21)15(16)22)17(25)24-18-13(19(26)27)11(7-29-18)8-3-2-4-9(23)5-8/h2-7H,1H3,(H,24,25)(H,26,27). The van der Waals surface area contributed by atoms with Gasteiger partial charge in [-0.2, -0.15) is 0 Å². The number of carbonyl (C=O) groups excluding carboxylic acids is 1. The van der Waals surface area contributed by atoms with Crippen LogP contribution in [0, 0.1) is 3.57 Å². The third-order valence-corrected chi connectivity index (χ3v) is 8.20. The quantitative estimate of drug-likeness (QED) is 0.216. The van der Waals surface area contributed by atoms with Crippen LogP contribution in [0.5, 0.6) is 5.75 Å². The molecule has 0 aliphatic carbocycles. The Morgan fingerprint density at radius 1 is 1.17 bits per heavy atom. The molecular weight excluding hydrogens is 705 g/mol. The number of halogens is 4. The molecule has 5 nitrogen and oxygen atoms in total. The highest BCUT2D eigenvalue weighted by atomic mass is 127. The van der Waals surface area contributed by atoms with Gasteiger partial charge in [0.2, 0.25) is 0 Å². The fourth-order valence-electron chi connectivity index (χ4n) is 2.63. The molecule has 29 heavy (non-hydrogen) atoms. The molecule has 0 atom stereocenters. The number of thiophene rings is 1. The fourth-order valence-corrected chi connectivity index (χ4v) is 6.05. The second kappa shape index (κ2) is 9.46. The highest BCUT2D eigenvalue weighted by Crippen LogP contribution is 2.42. The minimum Gasteiger partial charge on any atom is -0.494 e. The van der Waals surface area contributed by atoms with Crippen LogP contribution in [0.2, 0.25) is 0 Å². The van der Waals surface area contributed by atoms with Crippen LogP contribution in [0.4, 0.5) is 5.00 Å². The predicted molar refractivity (Wildman–Crippen MR) is 133 cm³/mol. The van der Waals surface area contributed by atoms with Crippen molar-refractivity contribution in [3.05, 3.63) is 63.8 Å². The molecule has 1 heterocycles. The van der Waals surface area contributed by atoms with E-state index in [1.54, 1.807) is 11.4 Å².